The molecule has 0 fully saturated rings. The molecule has 0 saturated heterocycles. The van der Waals surface area contributed by atoms with Crippen LogP contribution in [0.4, 0.5) is 0 Å². The van der Waals surface area contributed by atoms with Gasteiger partial charge in [0.25, 0.3) is 0 Å². The first-order valence-corrected chi connectivity index (χ1v) is 4.53. The smallest absolute Gasteiger partial charge is 0.00115 e. The molecule has 0 bridgehead atoms. The molecule has 0 aromatic heterocycles. The lowest BCUT2D eigenvalue weighted by atomic mass is 9.91. The van der Waals surface area contributed by atoms with Gasteiger partial charge in [0.15, 0.2) is 0 Å². The Bertz CT molecular complexity index is 128. The van der Waals surface area contributed by atoms with E-state index in [0.29, 0.717) is 5.92 Å². The molecule has 1 heteroatoms. The molecule has 0 aliphatic heterocycles. The first-order valence-electron chi connectivity index (χ1n) is 4.53. The van der Waals surface area contributed by atoms with Crippen molar-refractivity contribution >= 4 is 0 Å². The monoisotopic (exact) mass is 155 g/mol. The van der Waals surface area contributed by atoms with Crippen LogP contribution in [0.1, 0.15) is 40.5 Å². The molecule has 0 heterocycles. The molecule has 11 heavy (non-hydrogen) atoms. The summed E-state index contributed by atoms with van der Waals surface area (Å²) in [5.74, 6) is 0.616. The first kappa shape index (κ1) is 10.7. The van der Waals surface area contributed by atoms with Crippen molar-refractivity contribution in [1.29, 1.82) is 0 Å². The van der Waals surface area contributed by atoms with Gasteiger partial charge in [-0.3, -0.25) is 0 Å². The van der Waals surface area contributed by atoms with Gasteiger partial charge in [-0.1, -0.05) is 25.0 Å². The summed E-state index contributed by atoms with van der Waals surface area (Å²) in [7, 11) is 0. The number of hydrogen-bond acceptors (Lipinski definition) is 1. The van der Waals surface area contributed by atoms with Crippen molar-refractivity contribution in [3.05, 3.63) is 11.1 Å². The van der Waals surface area contributed by atoms with E-state index in [9.17, 15) is 0 Å². The van der Waals surface area contributed by atoms with E-state index >= 15 is 0 Å². The Morgan fingerprint density at radius 2 is 1.82 bits per heavy atom. The molecule has 1 nitrogen and oxygen atoms in total. The molecule has 66 valence electrons. The maximum atomic E-state index is 5.66. The maximum absolute atomic E-state index is 5.66. The normalized spacial score (nSPS) is 12.8. The van der Waals surface area contributed by atoms with Gasteiger partial charge in [0, 0.05) is 0 Å². The van der Waals surface area contributed by atoms with Crippen molar-refractivity contribution in [2.24, 2.45) is 11.7 Å². The van der Waals surface area contributed by atoms with Crippen LogP contribution in [0.3, 0.4) is 0 Å². The van der Waals surface area contributed by atoms with Crippen LogP contribution < -0.4 is 5.73 Å². The SMILES string of the molecule is CCC(=C(C)C)C(CC)CN. The van der Waals surface area contributed by atoms with Crippen LogP contribution in [0, 0.1) is 5.92 Å². The summed E-state index contributed by atoms with van der Waals surface area (Å²) in [5, 5.41) is 0. The van der Waals surface area contributed by atoms with Crippen LogP contribution in [-0.4, -0.2) is 6.54 Å². The minimum Gasteiger partial charge on any atom is -0.330 e. The topological polar surface area (TPSA) is 26.0 Å². The van der Waals surface area contributed by atoms with E-state index in [1.54, 1.807) is 5.57 Å². The van der Waals surface area contributed by atoms with Crippen LogP contribution in [-0.2, 0) is 0 Å². The lowest BCUT2D eigenvalue weighted by Gasteiger charge is -2.17. The molecule has 0 aromatic carbocycles. The van der Waals surface area contributed by atoms with Gasteiger partial charge >= 0.3 is 0 Å². The largest absolute Gasteiger partial charge is 0.330 e. The lowest BCUT2D eigenvalue weighted by Crippen LogP contribution is -2.16. The summed E-state index contributed by atoms with van der Waals surface area (Å²) in [6.45, 7) is 9.57. The third-order valence-corrected chi connectivity index (χ3v) is 2.29. The molecule has 0 aliphatic rings. The van der Waals surface area contributed by atoms with Crippen molar-refractivity contribution in [2.75, 3.05) is 6.54 Å². The third kappa shape index (κ3) is 3.06. The summed E-state index contributed by atoms with van der Waals surface area (Å²) in [6.07, 6.45) is 2.32. The molecule has 0 rings (SSSR count). The van der Waals surface area contributed by atoms with Gasteiger partial charge in [-0.2, -0.15) is 0 Å². The molecule has 0 radical (unpaired) electrons. The van der Waals surface area contributed by atoms with Gasteiger partial charge < -0.3 is 5.73 Å². The van der Waals surface area contributed by atoms with Crippen LogP contribution >= 0.6 is 0 Å². The zero-order valence-corrected chi connectivity index (χ0v) is 8.28. The third-order valence-electron chi connectivity index (χ3n) is 2.29. The first-order chi connectivity index (χ1) is 5.17. The minimum absolute atomic E-state index is 0.616. The molecule has 0 spiro atoms. The highest BCUT2D eigenvalue weighted by Gasteiger charge is 2.09. The van der Waals surface area contributed by atoms with Crippen LogP contribution in [0.15, 0.2) is 11.1 Å². The fraction of sp³-hybridized carbons (Fsp3) is 0.800. The summed E-state index contributed by atoms with van der Waals surface area (Å²) in [6, 6.07) is 0. The predicted octanol–water partition coefficient (Wildman–Crippen LogP) is 2.72. The van der Waals surface area contributed by atoms with E-state index in [0.717, 1.165) is 13.0 Å². The molecule has 1 unspecified atom stereocenters. The van der Waals surface area contributed by atoms with E-state index in [1.165, 1.54) is 12.0 Å². The van der Waals surface area contributed by atoms with Gasteiger partial charge in [0.2, 0.25) is 0 Å². The summed E-state index contributed by atoms with van der Waals surface area (Å²) in [4.78, 5) is 0. The molecular formula is C10H21N. The van der Waals surface area contributed by atoms with Crippen molar-refractivity contribution in [3.8, 4) is 0 Å². The second kappa shape index (κ2) is 5.36. The summed E-state index contributed by atoms with van der Waals surface area (Å²) in [5.41, 5.74) is 8.66. The highest BCUT2D eigenvalue weighted by molar-refractivity contribution is 5.13. The Morgan fingerprint density at radius 1 is 1.27 bits per heavy atom. The average molecular weight is 155 g/mol. The van der Waals surface area contributed by atoms with Crippen LogP contribution in [0.2, 0.25) is 0 Å². The van der Waals surface area contributed by atoms with E-state index in [4.69, 9.17) is 5.73 Å². The number of hydrogen-bond donors (Lipinski definition) is 1. The minimum atomic E-state index is 0.616. The zero-order valence-electron chi connectivity index (χ0n) is 8.28. The van der Waals surface area contributed by atoms with Gasteiger partial charge in [-0.15, -0.1) is 0 Å². The summed E-state index contributed by atoms with van der Waals surface area (Å²) < 4.78 is 0. The zero-order chi connectivity index (χ0) is 8.85. The average Bonchev–Trinajstić information content (AvgIpc) is 1.99. The quantitative estimate of drug-likeness (QED) is 0.621. The van der Waals surface area contributed by atoms with E-state index in [2.05, 4.69) is 27.7 Å². The molecule has 0 aliphatic carbocycles. The Kier molecular flexibility index (Phi) is 5.22. The highest BCUT2D eigenvalue weighted by Crippen LogP contribution is 2.20. The van der Waals surface area contributed by atoms with Gasteiger partial charge in [-0.05, 0) is 39.2 Å². The highest BCUT2D eigenvalue weighted by atomic mass is 14.5. The van der Waals surface area contributed by atoms with Gasteiger partial charge in [-0.25, -0.2) is 0 Å². The van der Waals surface area contributed by atoms with Crippen molar-refractivity contribution in [1.82, 2.24) is 0 Å². The van der Waals surface area contributed by atoms with Gasteiger partial charge in [0.05, 0.1) is 0 Å². The fourth-order valence-corrected chi connectivity index (χ4v) is 1.61. The molecule has 0 saturated carbocycles. The second-order valence-electron chi connectivity index (χ2n) is 3.22. The molecule has 2 N–H and O–H groups in total. The maximum Gasteiger partial charge on any atom is -0.00115 e. The number of rotatable bonds is 4. The number of allylic oxidation sites excluding steroid dienone is 1. The molecule has 0 aromatic rings. The molecule has 1 atom stereocenters. The fourth-order valence-electron chi connectivity index (χ4n) is 1.61. The summed E-state index contributed by atoms with van der Waals surface area (Å²) >= 11 is 0. The van der Waals surface area contributed by atoms with E-state index < -0.39 is 0 Å². The number of nitrogens with two attached hydrogens (primary N) is 1. The lowest BCUT2D eigenvalue weighted by molar-refractivity contribution is 0.579. The Balaban J connectivity index is 4.35. The Labute approximate surface area is 70.7 Å². The van der Waals surface area contributed by atoms with Crippen molar-refractivity contribution < 1.29 is 0 Å². The van der Waals surface area contributed by atoms with E-state index in [-0.39, 0.29) is 0 Å². The van der Waals surface area contributed by atoms with Gasteiger partial charge in [0.1, 0.15) is 0 Å². The second-order valence-corrected chi connectivity index (χ2v) is 3.22. The van der Waals surface area contributed by atoms with E-state index in [1.807, 2.05) is 0 Å². The van der Waals surface area contributed by atoms with Crippen LogP contribution in [0.5, 0.6) is 0 Å². The van der Waals surface area contributed by atoms with Crippen LogP contribution in [0.25, 0.3) is 0 Å². The van der Waals surface area contributed by atoms with Crippen molar-refractivity contribution in [3.63, 3.8) is 0 Å². The standard InChI is InChI=1S/C10H21N/c1-5-9(7-11)10(6-2)8(3)4/h9H,5-7,11H2,1-4H3. The molecular weight excluding hydrogens is 134 g/mol. The predicted molar refractivity (Wildman–Crippen MR) is 51.5 cm³/mol. The Morgan fingerprint density at radius 3 is 1.91 bits per heavy atom. The Hall–Kier alpha value is -0.300. The van der Waals surface area contributed by atoms with Crippen molar-refractivity contribution in [2.45, 2.75) is 40.5 Å². The molecule has 0 amide bonds.